The molecule has 25 heavy (non-hydrogen) atoms. The first-order chi connectivity index (χ1) is 11.5. The number of aliphatic hydroxyl groups is 1. The van der Waals surface area contributed by atoms with Crippen molar-refractivity contribution in [1.29, 1.82) is 0 Å². The van der Waals surface area contributed by atoms with E-state index in [1.54, 1.807) is 39.0 Å². The minimum absolute atomic E-state index is 0.271. The third-order valence-corrected chi connectivity index (χ3v) is 5.04. The van der Waals surface area contributed by atoms with Crippen molar-refractivity contribution in [3.05, 3.63) is 36.0 Å². The quantitative estimate of drug-likeness (QED) is 0.467. The first-order valence-electron chi connectivity index (χ1n) is 8.47. The van der Waals surface area contributed by atoms with Gasteiger partial charge in [-0.3, -0.25) is 4.79 Å². The summed E-state index contributed by atoms with van der Waals surface area (Å²) in [5, 5.41) is 10.7. The maximum Gasteiger partial charge on any atom is 0.334 e. The summed E-state index contributed by atoms with van der Waals surface area (Å²) >= 11 is 0. The van der Waals surface area contributed by atoms with Gasteiger partial charge in [-0.05, 0) is 31.6 Å². The van der Waals surface area contributed by atoms with Gasteiger partial charge >= 0.3 is 11.9 Å². The number of rotatable bonds is 2. The molecule has 1 saturated heterocycles. The summed E-state index contributed by atoms with van der Waals surface area (Å²) in [4.78, 5) is 24.3. The molecule has 1 fully saturated rings. The van der Waals surface area contributed by atoms with Gasteiger partial charge in [0.25, 0.3) is 0 Å². The second kappa shape index (κ2) is 5.81. The summed E-state index contributed by atoms with van der Waals surface area (Å²) in [6.07, 6.45) is 3.96. The van der Waals surface area contributed by atoms with Crippen LogP contribution in [0.25, 0.3) is 0 Å². The van der Waals surface area contributed by atoms with Crippen molar-refractivity contribution >= 4 is 11.9 Å². The van der Waals surface area contributed by atoms with Crippen LogP contribution in [0.15, 0.2) is 36.0 Å². The smallest absolute Gasteiger partial charge is 0.334 e. The van der Waals surface area contributed by atoms with Gasteiger partial charge in [0.2, 0.25) is 5.79 Å². The zero-order valence-corrected chi connectivity index (χ0v) is 14.9. The lowest BCUT2D eigenvalue weighted by atomic mass is 9.83. The number of carbonyl (C=O) groups is 2. The second-order valence-electron chi connectivity index (χ2n) is 7.55. The Morgan fingerprint density at radius 3 is 2.76 bits per heavy atom. The maximum atomic E-state index is 12.2. The van der Waals surface area contributed by atoms with Crippen molar-refractivity contribution < 1.29 is 28.9 Å². The minimum Gasteiger partial charge on any atom is -0.461 e. The Kier molecular flexibility index (Phi) is 4.16. The van der Waals surface area contributed by atoms with E-state index in [0.717, 1.165) is 0 Å². The molecule has 3 heterocycles. The molecule has 5 atom stereocenters. The molecule has 3 rings (SSSR count). The summed E-state index contributed by atoms with van der Waals surface area (Å²) in [6.45, 7) is 10.9. The van der Waals surface area contributed by atoms with E-state index in [-0.39, 0.29) is 23.9 Å². The van der Waals surface area contributed by atoms with Gasteiger partial charge in [-0.25, -0.2) is 4.79 Å². The average molecular weight is 348 g/mol. The van der Waals surface area contributed by atoms with E-state index in [1.807, 2.05) is 6.92 Å². The number of esters is 2. The number of ether oxygens (including phenoxy) is 3. The van der Waals surface area contributed by atoms with Crippen LogP contribution in [0.2, 0.25) is 0 Å². The van der Waals surface area contributed by atoms with Gasteiger partial charge in [-0.15, -0.1) is 0 Å². The fourth-order valence-corrected chi connectivity index (χ4v) is 3.51. The van der Waals surface area contributed by atoms with Crippen molar-refractivity contribution in [2.75, 3.05) is 0 Å². The Morgan fingerprint density at radius 2 is 2.12 bits per heavy atom. The van der Waals surface area contributed by atoms with E-state index in [2.05, 4.69) is 6.58 Å². The molecule has 2 bridgehead atoms. The molecule has 0 spiro atoms. The fraction of sp³-hybridized carbons (Fsp3) is 0.579. The Hall–Kier alpha value is -1.92. The molecule has 3 aliphatic heterocycles. The molecule has 6 heteroatoms. The van der Waals surface area contributed by atoms with Crippen LogP contribution < -0.4 is 0 Å². The molecular weight excluding hydrogens is 324 g/mol. The zero-order chi connectivity index (χ0) is 18.6. The van der Waals surface area contributed by atoms with Crippen LogP contribution >= 0.6 is 0 Å². The lowest BCUT2D eigenvalue weighted by molar-refractivity contribution is -0.190. The fourth-order valence-electron chi connectivity index (χ4n) is 3.51. The Labute approximate surface area is 147 Å². The normalized spacial score (nSPS) is 40.1. The zero-order valence-electron chi connectivity index (χ0n) is 14.9. The van der Waals surface area contributed by atoms with Crippen molar-refractivity contribution in [3.8, 4) is 0 Å². The summed E-state index contributed by atoms with van der Waals surface area (Å²) in [7, 11) is 0. The third kappa shape index (κ3) is 3.04. The molecule has 0 saturated carbocycles. The number of hydrogen-bond donors (Lipinski definition) is 1. The molecule has 0 unspecified atom stereocenters. The highest BCUT2D eigenvalue weighted by atomic mass is 16.6. The van der Waals surface area contributed by atoms with Gasteiger partial charge in [0, 0.05) is 12.0 Å². The van der Waals surface area contributed by atoms with Gasteiger partial charge in [0.15, 0.2) is 0 Å². The van der Waals surface area contributed by atoms with E-state index < -0.39 is 35.5 Å². The van der Waals surface area contributed by atoms with Crippen LogP contribution in [0.1, 0.15) is 34.1 Å². The highest BCUT2D eigenvalue weighted by Gasteiger charge is 2.52. The predicted molar refractivity (Wildman–Crippen MR) is 89.2 cm³/mol. The first kappa shape index (κ1) is 17.9. The van der Waals surface area contributed by atoms with E-state index in [9.17, 15) is 14.7 Å². The van der Waals surface area contributed by atoms with E-state index in [1.165, 1.54) is 0 Å². The van der Waals surface area contributed by atoms with Crippen LogP contribution in [-0.4, -0.2) is 40.6 Å². The lowest BCUT2D eigenvalue weighted by Gasteiger charge is -2.33. The van der Waals surface area contributed by atoms with Gasteiger partial charge in [-0.2, -0.15) is 0 Å². The van der Waals surface area contributed by atoms with E-state index >= 15 is 0 Å². The van der Waals surface area contributed by atoms with Gasteiger partial charge in [-0.1, -0.05) is 26.5 Å². The molecule has 0 aromatic rings. The Morgan fingerprint density at radius 1 is 1.44 bits per heavy atom. The molecule has 0 aliphatic carbocycles. The van der Waals surface area contributed by atoms with Crippen molar-refractivity contribution in [2.24, 2.45) is 11.8 Å². The molecule has 0 aromatic heterocycles. The molecule has 6 nitrogen and oxygen atoms in total. The molecule has 3 aliphatic rings. The molecule has 0 aromatic carbocycles. The first-order valence-corrected chi connectivity index (χ1v) is 8.47. The minimum atomic E-state index is -1.56. The molecular formula is C19H24O6. The standard InChI is InChI=1S/C19H24O6/c1-10(2)16(20)24-14-9-18(5)6-7-19(22,25-18)11(3)8-13-15(14)12(4)17(21)23-13/h6-8,10,13-15,22H,4,9H2,1-3,5H3/t13-,14-,15+,18+,19-/m1/s1. The highest BCUT2D eigenvalue weighted by Crippen LogP contribution is 2.44. The van der Waals surface area contributed by atoms with Gasteiger partial charge in [0.1, 0.15) is 12.2 Å². The summed E-state index contributed by atoms with van der Waals surface area (Å²) < 4.78 is 17.0. The summed E-state index contributed by atoms with van der Waals surface area (Å²) in [5.41, 5.74) is -0.0548. The number of carbonyl (C=O) groups excluding carboxylic acids is 2. The molecule has 136 valence electrons. The highest BCUT2D eigenvalue weighted by molar-refractivity contribution is 5.91. The van der Waals surface area contributed by atoms with E-state index in [4.69, 9.17) is 14.2 Å². The molecule has 0 radical (unpaired) electrons. The van der Waals surface area contributed by atoms with Gasteiger partial charge in [0.05, 0.1) is 17.4 Å². The lowest BCUT2D eigenvalue weighted by Crippen LogP contribution is -2.41. The summed E-state index contributed by atoms with van der Waals surface area (Å²) in [6, 6.07) is 0. The predicted octanol–water partition coefficient (Wildman–Crippen LogP) is 2.04. The van der Waals surface area contributed by atoms with E-state index in [0.29, 0.717) is 5.57 Å². The third-order valence-electron chi connectivity index (χ3n) is 5.04. The topological polar surface area (TPSA) is 82.1 Å². The van der Waals surface area contributed by atoms with Crippen LogP contribution in [0, 0.1) is 11.8 Å². The average Bonchev–Trinajstić information content (AvgIpc) is 2.97. The number of fused-ring (bicyclic) bond motifs is 3. The van der Waals surface area contributed by atoms with Crippen LogP contribution in [0.5, 0.6) is 0 Å². The monoisotopic (exact) mass is 348 g/mol. The van der Waals surface area contributed by atoms with Crippen LogP contribution in [-0.2, 0) is 23.8 Å². The second-order valence-corrected chi connectivity index (χ2v) is 7.55. The van der Waals surface area contributed by atoms with Crippen molar-refractivity contribution in [3.63, 3.8) is 0 Å². The van der Waals surface area contributed by atoms with Crippen molar-refractivity contribution in [1.82, 2.24) is 0 Å². The van der Waals surface area contributed by atoms with Gasteiger partial charge < -0.3 is 19.3 Å². The largest absolute Gasteiger partial charge is 0.461 e. The Balaban J connectivity index is 2.04. The van der Waals surface area contributed by atoms with Crippen molar-refractivity contribution in [2.45, 2.75) is 57.7 Å². The molecule has 0 amide bonds. The Bertz CT molecular complexity index is 690. The number of hydrogen-bond acceptors (Lipinski definition) is 6. The SMILES string of the molecule is C=C1C(=O)O[C@@H]2C=C(C)[C@@]3(O)C=C[C@@](C)(C[C@@H](OC(=O)C(C)C)[C@@H]12)O3. The summed E-state index contributed by atoms with van der Waals surface area (Å²) in [5.74, 6) is -3.26. The van der Waals surface area contributed by atoms with Crippen LogP contribution in [0.4, 0.5) is 0 Å². The molecule has 1 N–H and O–H groups in total. The van der Waals surface area contributed by atoms with Crippen LogP contribution in [0.3, 0.4) is 0 Å². The maximum absolute atomic E-state index is 12.2.